The van der Waals surface area contributed by atoms with Gasteiger partial charge in [-0.25, -0.2) is 0 Å². The first-order chi connectivity index (χ1) is 12.5. The number of aliphatic carboxylic acids is 1. The Morgan fingerprint density at radius 3 is 2.77 bits per heavy atom. The van der Waals surface area contributed by atoms with Crippen LogP contribution in [0.2, 0.25) is 0 Å². The van der Waals surface area contributed by atoms with Gasteiger partial charge in [0.25, 0.3) is 0 Å². The zero-order valence-corrected chi connectivity index (χ0v) is 16.0. The van der Waals surface area contributed by atoms with Crippen LogP contribution in [0.1, 0.15) is 77.6 Å². The fourth-order valence-electron chi connectivity index (χ4n) is 4.30. The van der Waals surface area contributed by atoms with Crippen LogP contribution in [0.3, 0.4) is 0 Å². The molecule has 0 spiro atoms. The maximum Gasteiger partial charge on any atom is 0.303 e. The summed E-state index contributed by atoms with van der Waals surface area (Å²) in [5.74, 6) is 6.15. The monoisotopic (exact) mass is 362 g/mol. The van der Waals surface area contributed by atoms with E-state index in [2.05, 4.69) is 24.8 Å². The molecule has 5 atom stereocenters. The van der Waals surface area contributed by atoms with Gasteiger partial charge in [0, 0.05) is 6.42 Å². The Balaban J connectivity index is 1.81. The van der Waals surface area contributed by atoms with Crippen molar-refractivity contribution in [2.45, 2.75) is 89.8 Å². The topological polar surface area (TPSA) is 77.8 Å². The highest BCUT2D eigenvalue weighted by atomic mass is 16.4. The van der Waals surface area contributed by atoms with Gasteiger partial charge in [0.1, 0.15) is 6.10 Å². The summed E-state index contributed by atoms with van der Waals surface area (Å²) in [5, 5.41) is 29.2. The third-order valence-electron chi connectivity index (χ3n) is 5.88. The van der Waals surface area contributed by atoms with Crippen LogP contribution in [0.25, 0.3) is 0 Å². The van der Waals surface area contributed by atoms with Gasteiger partial charge >= 0.3 is 5.97 Å². The number of carbonyl (C=O) groups is 1. The van der Waals surface area contributed by atoms with Gasteiger partial charge in [-0.2, -0.15) is 0 Å². The standard InChI is InChI=1S/C22H34O4/c1-2-3-4-5-6-9-17(23)11-12-19-20-15-16(8-7-10-22(25)26)18(20)13-14-21(19)24/h8,17-21,23-24H,2-7,9-10,13-15H2,1H3,(H,25,26)/t17?,18-,19-,20+,21-/m1/s1. The molecule has 4 nitrogen and oxygen atoms in total. The average molecular weight is 363 g/mol. The first kappa shape index (κ1) is 21.0. The summed E-state index contributed by atoms with van der Waals surface area (Å²) in [7, 11) is 0. The van der Waals surface area contributed by atoms with Crippen LogP contribution in [0, 0.1) is 29.6 Å². The number of unbranched alkanes of at least 4 members (excludes halogenated alkanes) is 4. The van der Waals surface area contributed by atoms with Crippen LogP contribution in [-0.4, -0.2) is 33.5 Å². The third kappa shape index (κ3) is 6.14. The summed E-state index contributed by atoms with van der Waals surface area (Å²) in [4.78, 5) is 10.6. The van der Waals surface area contributed by atoms with Gasteiger partial charge in [0.2, 0.25) is 0 Å². The average Bonchev–Trinajstić information content (AvgIpc) is 2.58. The molecule has 0 radical (unpaired) electrons. The smallest absolute Gasteiger partial charge is 0.303 e. The van der Waals surface area contributed by atoms with Crippen molar-refractivity contribution in [2.24, 2.45) is 17.8 Å². The number of aliphatic hydroxyl groups excluding tert-OH is 2. The van der Waals surface area contributed by atoms with Crippen LogP contribution in [-0.2, 0) is 4.79 Å². The van der Waals surface area contributed by atoms with E-state index >= 15 is 0 Å². The van der Waals surface area contributed by atoms with E-state index in [1.807, 2.05) is 0 Å². The molecule has 0 amide bonds. The van der Waals surface area contributed by atoms with Gasteiger partial charge in [0.05, 0.1) is 12.0 Å². The zero-order valence-electron chi connectivity index (χ0n) is 16.0. The highest BCUT2D eigenvalue weighted by molar-refractivity contribution is 5.66. The number of hydrogen-bond donors (Lipinski definition) is 3. The minimum atomic E-state index is -0.760. The van der Waals surface area contributed by atoms with E-state index in [0.717, 1.165) is 32.1 Å². The Morgan fingerprint density at radius 2 is 2.04 bits per heavy atom. The summed E-state index contributed by atoms with van der Waals surface area (Å²) in [6, 6.07) is 0. The second-order valence-corrected chi connectivity index (χ2v) is 7.86. The first-order valence-electron chi connectivity index (χ1n) is 10.3. The Kier molecular flexibility index (Phi) is 8.68. The second-order valence-electron chi connectivity index (χ2n) is 7.86. The maximum atomic E-state index is 10.6. The summed E-state index contributed by atoms with van der Waals surface area (Å²) < 4.78 is 0. The van der Waals surface area contributed by atoms with Crippen molar-refractivity contribution < 1.29 is 20.1 Å². The molecule has 0 aromatic rings. The van der Waals surface area contributed by atoms with Crippen LogP contribution >= 0.6 is 0 Å². The van der Waals surface area contributed by atoms with Crippen molar-refractivity contribution in [1.82, 2.24) is 0 Å². The number of allylic oxidation sites excluding steroid dienone is 2. The van der Waals surface area contributed by atoms with Crippen LogP contribution in [0.4, 0.5) is 0 Å². The molecule has 2 aliphatic rings. The Labute approximate surface area is 157 Å². The van der Waals surface area contributed by atoms with Gasteiger partial charge in [0.15, 0.2) is 0 Å². The maximum absolute atomic E-state index is 10.6. The van der Waals surface area contributed by atoms with Crippen molar-refractivity contribution in [3.63, 3.8) is 0 Å². The van der Waals surface area contributed by atoms with Crippen LogP contribution in [0.5, 0.6) is 0 Å². The minimum absolute atomic E-state index is 0.0554. The van der Waals surface area contributed by atoms with E-state index in [-0.39, 0.29) is 12.3 Å². The molecule has 26 heavy (non-hydrogen) atoms. The number of aliphatic hydroxyl groups is 2. The van der Waals surface area contributed by atoms with E-state index in [0.29, 0.717) is 24.7 Å². The molecule has 2 rings (SSSR count). The van der Waals surface area contributed by atoms with Crippen molar-refractivity contribution in [3.8, 4) is 11.8 Å². The molecule has 3 N–H and O–H groups in total. The first-order valence-corrected chi connectivity index (χ1v) is 10.3. The normalized spacial score (nSPS) is 30.0. The number of rotatable bonds is 9. The minimum Gasteiger partial charge on any atom is -0.481 e. The van der Waals surface area contributed by atoms with E-state index in [1.165, 1.54) is 24.8 Å². The van der Waals surface area contributed by atoms with E-state index in [9.17, 15) is 15.0 Å². The van der Waals surface area contributed by atoms with Crippen molar-refractivity contribution in [2.75, 3.05) is 0 Å². The molecule has 0 saturated heterocycles. The van der Waals surface area contributed by atoms with Crippen molar-refractivity contribution in [1.29, 1.82) is 0 Å². The third-order valence-corrected chi connectivity index (χ3v) is 5.88. The number of carboxylic acids is 1. The Bertz CT molecular complexity index is 542. The molecule has 4 heteroatoms. The highest BCUT2D eigenvalue weighted by Gasteiger charge is 2.46. The predicted octanol–water partition coefficient (Wildman–Crippen LogP) is 3.91. The highest BCUT2D eigenvalue weighted by Crippen LogP contribution is 2.51. The molecule has 0 bridgehead atoms. The SMILES string of the molecule is CCCCCCCC(O)C#C[C@@H]1[C@H]2CC(=CCCC(=O)O)[C@H]2CC[C@H]1O. The lowest BCUT2D eigenvalue weighted by Crippen LogP contribution is -2.44. The molecule has 2 fully saturated rings. The molecule has 2 aliphatic carbocycles. The van der Waals surface area contributed by atoms with Gasteiger partial charge in [-0.1, -0.05) is 56.1 Å². The number of hydrogen-bond acceptors (Lipinski definition) is 3. The van der Waals surface area contributed by atoms with Crippen molar-refractivity contribution >= 4 is 5.97 Å². The van der Waals surface area contributed by atoms with Crippen LogP contribution < -0.4 is 0 Å². The molecule has 0 heterocycles. The van der Waals surface area contributed by atoms with Gasteiger partial charge in [-0.3, -0.25) is 4.79 Å². The quantitative estimate of drug-likeness (QED) is 0.330. The summed E-state index contributed by atoms with van der Waals surface area (Å²) in [6.45, 7) is 2.19. The fourth-order valence-corrected chi connectivity index (χ4v) is 4.30. The lowest BCUT2D eigenvalue weighted by Gasteiger charge is -2.48. The molecule has 0 aromatic carbocycles. The van der Waals surface area contributed by atoms with Crippen molar-refractivity contribution in [3.05, 3.63) is 11.6 Å². The number of fused-ring (bicyclic) bond motifs is 1. The van der Waals surface area contributed by atoms with Crippen LogP contribution in [0.15, 0.2) is 11.6 Å². The molecular weight excluding hydrogens is 328 g/mol. The predicted molar refractivity (Wildman–Crippen MR) is 102 cm³/mol. The largest absolute Gasteiger partial charge is 0.481 e. The fraction of sp³-hybridized carbons (Fsp3) is 0.773. The Morgan fingerprint density at radius 1 is 1.27 bits per heavy atom. The molecule has 146 valence electrons. The van der Waals surface area contributed by atoms with E-state index < -0.39 is 18.2 Å². The number of carboxylic acid groups (broad SMARTS) is 1. The van der Waals surface area contributed by atoms with E-state index in [4.69, 9.17) is 5.11 Å². The van der Waals surface area contributed by atoms with E-state index in [1.54, 1.807) is 0 Å². The zero-order chi connectivity index (χ0) is 18.9. The van der Waals surface area contributed by atoms with Gasteiger partial charge < -0.3 is 15.3 Å². The molecular formula is C22H34O4. The lowest BCUT2D eigenvalue weighted by molar-refractivity contribution is -0.136. The molecule has 0 aliphatic heterocycles. The Hall–Kier alpha value is -1.31. The second kappa shape index (κ2) is 10.7. The molecule has 2 saturated carbocycles. The molecule has 0 aromatic heterocycles. The summed E-state index contributed by atoms with van der Waals surface area (Å²) in [6.07, 6.45) is 11.0. The summed E-state index contributed by atoms with van der Waals surface area (Å²) >= 11 is 0. The van der Waals surface area contributed by atoms with Gasteiger partial charge in [-0.05, 0) is 50.4 Å². The van der Waals surface area contributed by atoms with Gasteiger partial charge in [-0.15, -0.1) is 0 Å². The molecule has 1 unspecified atom stereocenters. The lowest BCUT2D eigenvalue weighted by atomic mass is 9.57. The summed E-state index contributed by atoms with van der Waals surface area (Å²) in [5.41, 5.74) is 1.34.